The van der Waals surface area contributed by atoms with Gasteiger partial charge in [-0.25, -0.2) is 4.39 Å². The Balaban J connectivity index is 2.25. The second-order valence-electron chi connectivity index (χ2n) is 3.98. The highest BCUT2D eigenvalue weighted by molar-refractivity contribution is 4.82. The summed E-state index contributed by atoms with van der Waals surface area (Å²) in [6.45, 7) is 6.33. The van der Waals surface area contributed by atoms with E-state index in [1.807, 2.05) is 6.92 Å². The molecule has 1 rings (SSSR count). The van der Waals surface area contributed by atoms with Gasteiger partial charge in [0, 0.05) is 25.6 Å². The van der Waals surface area contributed by atoms with Crippen molar-refractivity contribution < 1.29 is 13.9 Å². The van der Waals surface area contributed by atoms with Crippen molar-refractivity contribution in [2.75, 3.05) is 33.0 Å². The standard InChI is InChI=1S/C10H20FNO2/c1-3-13-8-10(2,11)6-9-7-14-5-4-12-9/h9,12H,3-8H2,1-2H3. The minimum atomic E-state index is -1.26. The van der Waals surface area contributed by atoms with Crippen LogP contribution in [0.5, 0.6) is 0 Å². The van der Waals surface area contributed by atoms with Gasteiger partial charge in [0.1, 0.15) is 5.67 Å². The molecule has 2 unspecified atom stereocenters. The average molecular weight is 205 g/mol. The average Bonchev–Trinajstić information content (AvgIpc) is 2.16. The fourth-order valence-electron chi connectivity index (χ4n) is 1.64. The lowest BCUT2D eigenvalue weighted by Crippen LogP contribution is -2.45. The lowest BCUT2D eigenvalue weighted by atomic mass is 9.99. The van der Waals surface area contributed by atoms with Crippen LogP contribution in [0, 0.1) is 0 Å². The minimum Gasteiger partial charge on any atom is -0.379 e. The van der Waals surface area contributed by atoms with Gasteiger partial charge in [-0.3, -0.25) is 0 Å². The van der Waals surface area contributed by atoms with Crippen molar-refractivity contribution in [3.8, 4) is 0 Å². The van der Waals surface area contributed by atoms with Gasteiger partial charge in [0.05, 0.1) is 19.8 Å². The van der Waals surface area contributed by atoms with E-state index < -0.39 is 5.67 Å². The lowest BCUT2D eigenvalue weighted by Gasteiger charge is -2.29. The molecule has 0 aliphatic carbocycles. The molecule has 0 aromatic rings. The predicted octanol–water partition coefficient (Wildman–Crippen LogP) is 1.13. The first kappa shape index (κ1) is 11.9. The fourth-order valence-corrected chi connectivity index (χ4v) is 1.64. The molecule has 1 aliphatic rings. The fraction of sp³-hybridized carbons (Fsp3) is 1.00. The van der Waals surface area contributed by atoms with Gasteiger partial charge >= 0.3 is 0 Å². The first-order chi connectivity index (χ1) is 6.64. The number of alkyl halides is 1. The molecule has 0 radical (unpaired) electrons. The molecule has 1 heterocycles. The van der Waals surface area contributed by atoms with Gasteiger partial charge in [-0.05, 0) is 13.8 Å². The highest BCUT2D eigenvalue weighted by atomic mass is 19.1. The molecular weight excluding hydrogens is 185 g/mol. The molecule has 1 fully saturated rings. The van der Waals surface area contributed by atoms with Crippen molar-refractivity contribution in [1.82, 2.24) is 5.32 Å². The third kappa shape index (κ3) is 4.35. The molecule has 0 aromatic carbocycles. The van der Waals surface area contributed by atoms with Gasteiger partial charge in [-0.2, -0.15) is 0 Å². The third-order valence-corrected chi connectivity index (χ3v) is 2.28. The summed E-state index contributed by atoms with van der Waals surface area (Å²) >= 11 is 0. The van der Waals surface area contributed by atoms with E-state index in [0.717, 1.165) is 13.2 Å². The molecule has 0 saturated carbocycles. The van der Waals surface area contributed by atoms with Crippen molar-refractivity contribution in [3.05, 3.63) is 0 Å². The van der Waals surface area contributed by atoms with Crippen LogP contribution in [-0.4, -0.2) is 44.7 Å². The van der Waals surface area contributed by atoms with Crippen LogP contribution >= 0.6 is 0 Å². The number of hydrogen-bond donors (Lipinski definition) is 1. The first-order valence-electron chi connectivity index (χ1n) is 5.22. The second-order valence-corrected chi connectivity index (χ2v) is 3.98. The highest BCUT2D eigenvalue weighted by Crippen LogP contribution is 2.19. The summed E-state index contributed by atoms with van der Waals surface area (Å²) in [6, 6.07) is 0.124. The van der Waals surface area contributed by atoms with E-state index in [-0.39, 0.29) is 12.6 Å². The van der Waals surface area contributed by atoms with Crippen LogP contribution < -0.4 is 5.32 Å². The van der Waals surface area contributed by atoms with E-state index in [2.05, 4.69) is 5.32 Å². The molecule has 1 aliphatic heterocycles. The van der Waals surface area contributed by atoms with Crippen LogP contribution in [0.4, 0.5) is 4.39 Å². The number of rotatable bonds is 5. The van der Waals surface area contributed by atoms with E-state index in [9.17, 15) is 4.39 Å². The molecule has 1 saturated heterocycles. The van der Waals surface area contributed by atoms with Crippen molar-refractivity contribution in [2.45, 2.75) is 32.0 Å². The van der Waals surface area contributed by atoms with Gasteiger partial charge in [0.2, 0.25) is 0 Å². The molecular formula is C10H20FNO2. The summed E-state index contributed by atoms with van der Waals surface area (Å²) in [5.74, 6) is 0. The van der Waals surface area contributed by atoms with E-state index in [0.29, 0.717) is 19.6 Å². The number of ether oxygens (including phenoxy) is 2. The Morgan fingerprint density at radius 1 is 1.64 bits per heavy atom. The van der Waals surface area contributed by atoms with Crippen LogP contribution in [0.1, 0.15) is 20.3 Å². The molecule has 0 aromatic heterocycles. The molecule has 0 bridgehead atoms. The van der Waals surface area contributed by atoms with E-state index in [4.69, 9.17) is 9.47 Å². The van der Waals surface area contributed by atoms with Crippen LogP contribution in [0.15, 0.2) is 0 Å². The van der Waals surface area contributed by atoms with Gasteiger partial charge in [0.15, 0.2) is 0 Å². The van der Waals surface area contributed by atoms with Crippen molar-refractivity contribution in [3.63, 3.8) is 0 Å². The predicted molar refractivity (Wildman–Crippen MR) is 53.2 cm³/mol. The topological polar surface area (TPSA) is 30.5 Å². The Bertz CT molecular complexity index is 158. The third-order valence-electron chi connectivity index (χ3n) is 2.28. The van der Waals surface area contributed by atoms with Crippen LogP contribution in [0.2, 0.25) is 0 Å². The highest BCUT2D eigenvalue weighted by Gasteiger charge is 2.28. The normalized spacial score (nSPS) is 27.2. The van der Waals surface area contributed by atoms with Crippen LogP contribution in [0.3, 0.4) is 0 Å². The van der Waals surface area contributed by atoms with E-state index >= 15 is 0 Å². The molecule has 14 heavy (non-hydrogen) atoms. The molecule has 3 nitrogen and oxygen atoms in total. The Morgan fingerprint density at radius 3 is 3.00 bits per heavy atom. The lowest BCUT2D eigenvalue weighted by molar-refractivity contribution is 0.0000549. The van der Waals surface area contributed by atoms with Gasteiger partial charge in [-0.1, -0.05) is 0 Å². The summed E-state index contributed by atoms with van der Waals surface area (Å²) in [5.41, 5.74) is -1.26. The van der Waals surface area contributed by atoms with Crippen molar-refractivity contribution in [2.24, 2.45) is 0 Å². The quantitative estimate of drug-likeness (QED) is 0.730. The summed E-state index contributed by atoms with van der Waals surface area (Å²) in [7, 11) is 0. The molecule has 4 heteroatoms. The largest absolute Gasteiger partial charge is 0.379 e. The number of morpholine rings is 1. The SMILES string of the molecule is CCOCC(C)(F)CC1COCCN1. The molecule has 0 amide bonds. The van der Waals surface area contributed by atoms with Gasteiger partial charge in [-0.15, -0.1) is 0 Å². The zero-order chi connectivity index (χ0) is 10.4. The summed E-state index contributed by atoms with van der Waals surface area (Å²) in [6.07, 6.45) is 0.451. The monoisotopic (exact) mass is 205 g/mol. The Kier molecular flexibility index (Phi) is 4.78. The van der Waals surface area contributed by atoms with Crippen LogP contribution in [0.25, 0.3) is 0 Å². The zero-order valence-corrected chi connectivity index (χ0v) is 9.01. The second kappa shape index (κ2) is 5.63. The van der Waals surface area contributed by atoms with Gasteiger partial charge in [0.25, 0.3) is 0 Å². The maximum atomic E-state index is 13.8. The van der Waals surface area contributed by atoms with Gasteiger partial charge < -0.3 is 14.8 Å². The maximum Gasteiger partial charge on any atom is 0.133 e. The Hall–Kier alpha value is -0.190. The molecule has 84 valence electrons. The summed E-state index contributed by atoms with van der Waals surface area (Å²) in [4.78, 5) is 0. The zero-order valence-electron chi connectivity index (χ0n) is 9.01. The Morgan fingerprint density at radius 2 is 2.43 bits per heavy atom. The number of hydrogen-bond acceptors (Lipinski definition) is 3. The van der Waals surface area contributed by atoms with Crippen molar-refractivity contribution in [1.29, 1.82) is 0 Å². The van der Waals surface area contributed by atoms with Crippen molar-refractivity contribution >= 4 is 0 Å². The minimum absolute atomic E-state index is 0.124. The summed E-state index contributed by atoms with van der Waals surface area (Å²) in [5, 5.41) is 3.23. The molecule has 2 atom stereocenters. The van der Waals surface area contributed by atoms with E-state index in [1.54, 1.807) is 6.92 Å². The number of nitrogens with one attached hydrogen (secondary N) is 1. The Labute approximate surface area is 85.0 Å². The molecule has 0 spiro atoms. The first-order valence-corrected chi connectivity index (χ1v) is 5.22. The van der Waals surface area contributed by atoms with Crippen LogP contribution in [-0.2, 0) is 9.47 Å². The smallest absolute Gasteiger partial charge is 0.133 e. The number of halogens is 1. The maximum absolute atomic E-state index is 13.8. The molecule has 1 N–H and O–H groups in total. The summed E-state index contributed by atoms with van der Waals surface area (Å²) < 4.78 is 24.2. The van der Waals surface area contributed by atoms with E-state index in [1.165, 1.54) is 0 Å².